The van der Waals surface area contributed by atoms with E-state index in [2.05, 4.69) is 10.2 Å². The fraction of sp³-hybridized carbons (Fsp3) is 0.222. The predicted molar refractivity (Wildman–Crippen MR) is 54.3 cm³/mol. The lowest BCUT2D eigenvalue weighted by Gasteiger charge is -1.94. The van der Waals surface area contributed by atoms with Crippen LogP contribution in [0.5, 0.6) is 0 Å². The third-order valence-electron chi connectivity index (χ3n) is 1.70. The van der Waals surface area contributed by atoms with Crippen LogP contribution in [0.4, 0.5) is 0 Å². The molecule has 2 aromatic heterocycles. The van der Waals surface area contributed by atoms with Crippen LogP contribution in [0.3, 0.4) is 0 Å². The normalized spacial score (nSPS) is 10.6. The molecule has 0 amide bonds. The lowest BCUT2D eigenvalue weighted by molar-refractivity contribution is -0.142. The van der Waals surface area contributed by atoms with Gasteiger partial charge in [-0.05, 0) is 23.7 Å². The smallest absolute Gasteiger partial charge is 0.329 e. The van der Waals surface area contributed by atoms with E-state index in [9.17, 15) is 4.79 Å². The van der Waals surface area contributed by atoms with Crippen LogP contribution in [-0.2, 0) is 16.1 Å². The van der Waals surface area contributed by atoms with Crippen molar-refractivity contribution in [2.24, 2.45) is 0 Å². The van der Waals surface area contributed by atoms with Crippen LogP contribution in [0.1, 0.15) is 5.89 Å². The van der Waals surface area contributed by atoms with Crippen molar-refractivity contribution >= 4 is 17.6 Å². The first-order valence-corrected chi connectivity index (χ1v) is 4.90. The standard InChI is InChI=1S/C9H7ClN2O5/c10-6-2-1-5(16-6)9-12-11-7(17-9)3-15-4-8(13)14/h1-2H,3-4H2,(H,13,14). The molecule has 0 aliphatic heterocycles. The van der Waals surface area contributed by atoms with Gasteiger partial charge in [-0.2, -0.15) is 0 Å². The van der Waals surface area contributed by atoms with Gasteiger partial charge < -0.3 is 18.7 Å². The number of carbonyl (C=O) groups is 1. The molecule has 0 aliphatic rings. The largest absolute Gasteiger partial charge is 0.480 e. The molecule has 0 saturated carbocycles. The summed E-state index contributed by atoms with van der Waals surface area (Å²) in [5, 5.41) is 15.9. The third-order valence-corrected chi connectivity index (χ3v) is 1.91. The van der Waals surface area contributed by atoms with Crippen molar-refractivity contribution in [3.8, 4) is 11.7 Å². The summed E-state index contributed by atoms with van der Waals surface area (Å²) in [4.78, 5) is 10.2. The predicted octanol–water partition coefficient (Wildman–Crippen LogP) is 1.58. The Kier molecular flexibility index (Phi) is 3.40. The molecule has 90 valence electrons. The average molecular weight is 259 g/mol. The molecule has 0 bridgehead atoms. The minimum atomic E-state index is -1.07. The Morgan fingerprint density at radius 1 is 1.41 bits per heavy atom. The lowest BCUT2D eigenvalue weighted by Crippen LogP contribution is -2.06. The van der Waals surface area contributed by atoms with Gasteiger partial charge in [0.05, 0.1) is 0 Å². The Balaban J connectivity index is 1.98. The van der Waals surface area contributed by atoms with Gasteiger partial charge in [0.2, 0.25) is 5.89 Å². The number of aromatic nitrogens is 2. The van der Waals surface area contributed by atoms with E-state index >= 15 is 0 Å². The molecular weight excluding hydrogens is 252 g/mol. The fourth-order valence-corrected chi connectivity index (χ4v) is 1.21. The summed E-state index contributed by atoms with van der Waals surface area (Å²) in [6, 6.07) is 3.12. The molecule has 8 heteroatoms. The maximum Gasteiger partial charge on any atom is 0.329 e. The summed E-state index contributed by atoms with van der Waals surface area (Å²) < 4.78 is 15.0. The highest BCUT2D eigenvalue weighted by molar-refractivity contribution is 6.28. The van der Waals surface area contributed by atoms with Gasteiger partial charge in [0.1, 0.15) is 13.2 Å². The van der Waals surface area contributed by atoms with Gasteiger partial charge in [-0.1, -0.05) is 0 Å². The molecule has 0 aliphatic carbocycles. The first-order chi connectivity index (χ1) is 8.15. The molecule has 0 fully saturated rings. The summed E-state index contributed by atoms with van der Waals surface area (Å²) in [5.41, 5.74) is 0. The van der Waals surface area contributed by atoms with E-state index in [-0.39, 0.29) is 23.6 Å². The topological polar surface area (TPSA) is 98.6 Å². The second-order valence-electron chi connectivity index (χ2n) is 2.99. The number of nitrogens with zero attached hydrogens (tertiary/aromatic N) is 2. The summed E-state index contributed by atoms with van der Waals surface area (Å²) >= 11 is 5.59. The molecule has 1 N–H and O–H groups in total. The summed E-state index contributed by atoms with van der Waals surface area (Å²) in [7, 11) is 0. The van der Waals surface area contributed by atoms with E-state index < -0.39 is 12.6 Å². The van der Waals surface area contributed by atoms with Gasteiger partial charge in [-0.3, -0.25) is 0 Å². The van der Waals surface area contributed by atoms with Gasteiger partial charge in [0.25, 0.3) is 5.89 Å². The van der Waals surface area contributed by atoms with Crippen molar-refractivity contribution < 1.29 is 23.5 Å². The molecule has 0 atom stereocenters. The van der Waals surface area contributed by atoms with Crippen molar-refractivity contribution in [2.75, 3.05) is 6.61 Å². The molecule has 2 aromatic rings. The molecule has 2 rings (SSSR count). The molecule has 0 spiro atoms. The highest BCUT2D eigenvalue weighted by Gasteiger charge is 2.12. The number of hydrogen-bond acceptors (Lipinski definition) is 6. The monoisotopic (exact) mass is 258 g/mol. The Morgan fingerprint density at radius 3 is 2.88 bits per heavy atom. The minimum absolute atomic E-state index is 0.0757. The quantitative estimate of drug-likeness (QED) is 0.869. The molecule has 0 saturated heterocycles. The first kappa shape index (κ1) is 11.6. The van der Waals surface area contributed by atoms with E-state index in [1.807, 2.05) is 0 Å². The number of rotatable bonds is 5. The van der Waals surface area contributed by atoms with Crippen LogP contribution in [0.25, 0.3) is 11.7 Å². The van der Waals surface area contributed by atoms with Gasteiger partial charge in [-0.15, -0.1) is 10.2 Å². The van der Waals surface area contributed by atoms with Crippen molar-refractivity contribution in [1.29, 1.82) is 0 Å². The van der Waals surface area contributed by atoms with Gasteiger partial charge >= 0.3 is 5.97 Å². The number of aliphatic carboxylic acids is 1. The van der Waals surface area contributed by atoms with Crippen LogP contribution in [0.2, 0.25) is 5.22 Å². The van der Waals surface area contributed by atoms with Crippen molar-refractivity contribution in [3.05, 3.63) is 23.2 Å². The zero-order chi connectivity index (χ0) is 12.3. The summed E-state index contributed by atoms with van der Waals surface area (Å²) in [6.45, 7) is -0.502. The van der Waals surface area contributed by atoms with Crippen molar-refractivity contribution in [3.63, 3.8) is 0 Å². The zero-order valence-electron chi connectivity index (χ0n) is 8.42. The summed E-state index contributed by atoms with van der Waals surface area (Å²) in [6.07, 6.45) is 0. The maximum atomic E-state index is 10.2. The van der Waals surface area contributed by atoms with E-state index in [0.29, 0.717) is 5.76 Å². The number of halogens is 1. The van der Waals surface area contributed by atoms with Crippen LogP contribution in [0.15, 0.2) is 21.0 Å². The van der Waals surface area contributed by atoms with E-state index in [0.717, 1.165) is 0 Å². The van der Waals surface area contributed by atoms with E-state index in [4.69, 9.17) is 30.3 Å². The molecule has 0 radical (unpaired) electrons. The van der Waals surface area contributed by atoms with Crippen molar-refractivity contribution in [2.45, 2.75) is 6.61 Å². The lowest BCUT2D eigenvalue weighted by atomic mass is 10.5. The van der Waals surface area contributed by atoms with Crippen LogP contribution in [0, 0.1) is 0 Å². The Labute approximate surface area is 100.0 Å². The Morgan fingerprint density at radius 2 is 2.24 bits per heavy atom. The number of furan rings is 1. The maximum absolute atomic E-state index is 10.2. The van der Waals surface area contributed by atoms with Crippen LogP contribution >= 0.6 is 11.6 Å². The SMILES string of the molecule is O=C(O)COCc1nnc(-c2ccc(Cl)o2)o1. The number of hydrogen-bond donors (Lipinski definition) is 1. The third kappa shape index (κ3) is 3.05. The highest BCUT2D eigenvalue weighted by atomic mass is 35.5. The molecule has 0 unspecified atom stereocenters. The summed E-state index contributed by atoms with van der Waals surface area (Å²) in [5.74, 6) is -0.408. The zero-order valence-corrected chi connectivity index (χ0v) is 9.18. The molecule has 7 nitrogen and oxygen atoms in total. The van der Waals surface area contributed by atoms with Crippen molar-refractivity contribution in [1.82, 2.24) is 10.2 Å². The molecule has 17 heavy (non-hydrogen) atoms. The Bertz CT molecular complexity index is 521. The second-order valence-corrected chi connectivity index (χ2v) is 3.36. The van der Waals surface area contributed by atoms with Gasteiger partial charge in [-0.25, -0.2) is 4.79 Å². The van der Waals surface area contributed by atoms with Gasteiger partial charge in [0.15, 0.2) is 11.0 Å². The van der Waals surface area contributed by atoms with Crippen LogP contribution < -0.4 is 0 Å². The fourth-order valence-electron chi connectivity index (χ4n) is 1.07. The number of carboxylic acid groups (broad SMARTS) is 1. The Hall–Kier alpha value is -1.86. The van der Waals surface area contributed by atoms with Gasteiger partial charge in [0, 0.05) is 0 Å². The molecule has 2 heterocycles. The number of carboxylic acids is 1. The second kappa shape index (κ2) is 4.98. The first-order valence-electron chi connectivity index (χ1n) is 4.53. The number of ether oxygens (including phenoxy) is 1. The van der Waals surface area contributed by atoms with E-state index in [1.165, 1.54) is 0 Å². The molecule has 0 aromatic carbocycles. The van der Waals surface area contributed by atoms with Crippen LogP contribution in [-0.4, -0.2) is 27.9 Å². The van der Waals surface area contributed by atoms with E-state index in [1.54, 1.807) is 12.1 Å². The molecular formula is C9H7ClN2O5. The average Bonchev–Trinajstić information content (AvgIpc) is 2.86. The minimum Gasteiger partial charge on any atom is -0.480 e. The highest BCUT2D eigenvalue weighted by Crippen LogP contribution is 2.23.